The second kappa shape index (κ2) is 4.56. The second-order valence-corrected chi connectivity index (χ2v) is 4.39. The number of nitriles is 1. The number of aromatic nitrogens is 1. The summed E-state index contributed by atoms with van der Waals surface area (Å²) in [5.74, 6) is -0.947. The number of hydrogen-bond donors (Lipinski definition) is 1. The molecule has 20 heavy (non-hydrogen) atoms. The maximum Gasteiger partial charge on any atom is 0.335 e. The Morgan fingerprint density at radius 3 is 2.70 bits per heavy atom. The van der Waals surface area contributed by atoms with Crippen molar-refractivity contribution in [2.75, 3.05) is 0 Å². The predicted molar refractivity (Wildman–Crippen MR) is 74.9 cm³/mol. The second-order valence-electron chi connectivity index (χ2n) is 4.39. The lowest BCUT2D eigenvalue weighted by Crippen LogP contribution is -1.97. The number of carboxylic acids is 1. The molecule has 3 rings (SSSR count). The number of carboxylic acid groups (broad SMARTS) is 1. The van der Waals surface area contributed by atoms with Gasteiger partial charge in [-0.05, 0) is 36.4 Å². The van der Waals surface area contributed by atoms with Crippen molar-refractivity contribution in [1.82, 2.24) is 4.57 Å². The highest BCUT2D eigenvalue weighted by atomic mass is 16.4. The van der Waals surface area contributed by atoms with Gasteiger partial charge in [-0.2, -0.15) is 5.26 Å². The highest BCUT2D eigenvalue weighted by molar-refractivity contribution is 5.94. The van der Waals surface area contributed by atoms with Gasteiger partial charge < -0.3 is 9.67 Å². The van der Waals surface area contributed by atoms with Crippen molar-refractivity contribution in [3.8, 4) is 11.8 Å². The molecule has 0 bridgehead atoms. The van der Waals surface area contributed by atoms with Gasteiger partial charge in [-0.15, -0.1) is 0 Å². The normalized spacial score (nSPS) is 10.3. The highest BCUT2D eigenvalue weighted by Gasteiger charge is 2.09. The smallest absolute Gasteiger partial charge is 0.335 e. The average Bonchev–Trinajstić information content (AvgIpc) is 2.89. The summed E-state index contributed by atoms with van der Waals surface area (Å²) in [5.41, 5.74) is 2.49. The predicted octanol–water partition coefficient (Wildman–Crippen LogP) is 3.20. The van der Waals surface area contributed by atoms with Crippen LogP contribution in [0.3, 0.4) is 0 Å². The fourth-order valence-corrected chi connectivity index (χ4v) is 2.26. The molecule has 0 saturated carbocycles. The molecule has 0 spiro atoms. The Balaban J connectivity index is 2.23. The molecule has 96 valence electrons. The first-order valence-corrected chi connectivity index (χ1v) is 6.04. The summed E-state index contributed by atoms with van der Waals surface area (Å²) in [7, 11) is 0. The molecule has 1 N–H and O–H groups in total. The van der Waals surface area contributed by atoms with Crippen LogP contribution in [0.15, 0.2) is 54.7 Å². The van der Waals surface area contributed by atoms with Crippen molar-refractivity contribution in [2.45, 2.75) is 0 Å². The minimum Gasteiger partial charge on any atom is -0.478 e. The van der Waals surface area contributed by atoms with E-state index in [1.165, 1.54) is 0 Å². The molecule has 3 aromatic rings. The molecule has 0 unspecified atom stereocenters. The van der Waals surface area contributed by atoms with E-state index in [1.54, 1.807) is 24.3 Å². The minimum atomic E-state index is -0.947. The standard InChI is InChI=1S/C16H10N2O2/c17-10-13-3-1-2-4-14(13)18-8-7-11-9-12(16(19)20)5-6-15(11)18/h1-9H,(H,19,20). The van der Waals surface area contributed by atoms with Crippen LogP contribution in [0.4, 0.5) is 0 Å². The van der Waals surface area contributed by atoms with Crippen molar-refractivity contribution in [2.24, 2.45) is 0 Å². The minimum absolute atomic E-state index is 0.254. The van der Waals surface area contributed by atoms with Crippen LogP contribution in [-0.2, 0) is 0 Å². The summed E-state index contributed by atoms with van der Waals surface area (Å²) < 4.78 is 1.89. The molecule has 0 aliphatic rings. The van der Waals surface area contributed by atoms with Crippen molar-refractivity contribution in [3.63, 3.8) is 0 Å². The number of rotatable bonds is 2. The molecule has 0 atom stereocenters. The van der Waals surface area contributed by atoms with Crippen LogP contribution in [-0.4, -0.2) is 15.6 Å². The van der Waals surface area contributed by atoms with E-state index in [2.05, 4.69) is 6.07 Å². The number of fused-ring (bicyclic) bond motifs is 1. The van der Waals surface area contributed by atoms with Crippen LogP contribution >= 0.6 is 0 Å². The van der Waals surface area contributed by atoms with Gasteiger partial charge in [0.05, 0.1) is 22.3 Å². The maximum absolute atomic E-state index is 11.0. The number of carbonyl (C=O) groups is 1. The Labute approximate surface area is 115 Å². The van der Waals surface area contributed by atoms with E-state index < -0.39 is 5.97 Å². The molecule has 0 amide bonds. The van der Waals surface area contributed by atoms with Crippen LogP contribution in [0, 0.1) is 11.3 Å². The molecular weight excluding hydrogens is 252 g/mol. The van der Waals surface area contributed by atoms with Gasteiger partial charge in [-0.3, -0.25) is 0 Å². The zero-order chi connectivity index (χ0) is 14.1. The van der Waals surface area contributed by atoms with Gasteiger partial charge in [0.2, 0.25) is 0 Å². The largest absolute Gasteiger partial charge is 0.478 e. The lowest BCUT2D eigenvalue weighted by molar-refractivity contribution is 0.0697. The number of benzene rings is 2. The lowest BCUT2D eigenvalue weighted by Gasteiger charge is -2.07. The molecule has 1 heterocycles. The third kappa shape index (κ3) is 1.82. The topological polar surface area (TPSA) is 66.0 Å². The lowest BCUT2D eigenvalue weighted by atomic mass is 10.1. The zero-order valence-corrected chi connectivity index (χ0v) is 10.4. The van der Waals surface area contributed by atoms with Crippen LogP contribution in [0.2, 0.25) is 0 Å². The molecule has 4 nitrogen and oxygen atoms in total. The summed E-state index contributed by atoms with van der Waals surface area (Å²) in [4.78, 5) is 11.0. The van der Waals surface area contributed by atoms with Crippen LogP contribution < -0.4 is 0 Å². The van der Waals surface area contributed by atoms with Crippen molar-refractivity contribution in [1.29, 1.82) is 5.26 Å². The number of hydrogen-bond acceptors (Lipinski definition) is 2. The summed E-state index contributed by atoms with van der Waals surface area (Å²) in [6, 6.07) is 16.3. The van der Waals surface area contributed by atoms with Gasteiger partial charge in [0.1, 0.15) is 6.07 Å². The Hall–Kier alpha value is -3.06. The van der Waals surface area contributed by atoms with Crippen molar-refractivity contribution >= 4 is 16.9 Å². The quantitative estimate of drug-likeness (QED) is 0.771. The third-order valence-corrected chi connectivity index (χ3v) is 3.22. The fraction of sp³-hybridized carbons (Fsp3) is 0. The van der Waals surface area contributed by atoms with Gasteiger partial charge in [0, 0.05) is 11.6 Å². The third-order valence-electron chi connectivity index (χ3n) is 3.22. The van der Waals surface area contributed by atoms with Crippen LogP contribution in [0.1, 0.15) is 15.9 Å². The monoisotopic (exact) mass is 262 g/mol. The van der Waals surface area contributed by atoms with Gasteiger partial charge in [0.15, 0.2) is 0 Å². The number of aromatic carboxylic acids is 1. The fourth-order valence-electron chi connectivity index (χ4n) is 2.26. The van der Waals surface area contributed by atoms with E-state index in [-0.39, 0.29) is 5.56 Å². The Morgan fingerprint density at radius 2 is 1.95 bits per heavy atom. The maximum atomic E-state index is 11.0. The molecule has 0 aliphatic carbocycles. The van der Waals surface area contributed by atoms with E-state index in [4.69, 9.17) is 10.4 Å². The molecule has 1 aromatic heterocycles. The van der Waals surface area contributed by atoms with Crippen molar-refractivity contribution in [3.05, 3.63) is 65.9 Å². The summed E-state index contributed by atoms with van der Waals surface area (Å²) in [6.45, 7) is 0. The Kier molecular flexibility index (Phi) is 2.73. The SMILES string of the molecule is N#Cc1ccccc1-n1ccc2cc(C(=O)O)ccc21. The van der Waals surface area contributed by atoms with Gasteiger partial charge >= 0.3 is 5.97 Å². The first-order chi connectivity index (χ1) is 9.70. The average molecular weight is 262 g/mol. The molecule has 0 fully saturated rings. The highest BCUT2D eigenvalue weighted by Crippen LogP contribution is 2.23. The van der Waals surface area contributed by atoms with E-state index >= 15 is 0 Å². The first kappa shape index (κ1) is 12.0. The van der Waals surface area contributed by atoms with Gasteiger partial charge in [-0.25, -0.2) is 4.79 Å². The van der Waals surface area contributed by atoms with Gasteiger partial charge in [-0.1, -0.05) is 12.1 Å². The molecule has 0 saturated heterocycles. The molecular formula is C16H10N2O2. The van der Waals surface area contributed by atoms with E-state index in [9.17, 15) is 4.79 Å². The Morgan fingerprint density at radius 1 is 1.15 bits per heavy atom. The van der Waals surface area contributed by atoms with Crippen LogP contribution in [0.5, 0.6) is 0 Å². The zero-order valence-electron chi connectivity index (χ0n) is 10.4. The number of nitrogens with zero attached hydrogens (tertiary/aromatic N) is 2. The summed E-state index contributed by atoms with van der Waals surface area (Å²) in [5, 5.41) is 19.0. The summed E-state index contributed by atoms with van der Waals surface area (Å²) in [6.07, 6.45) is 1.84. The molecule has 4 heteroatoms. The molecule has 0 aliphatic heterocycles. The number of para-hydroxylation sites is 1. The Bertz CT molecular complexity index is 856. The molecule has 0 radical (unpaired) electrons. The first-order valence-electron chi connectivity index (χ1n) is 6.04. The molecule has 2 aromatic carbocycles. The van der Waals surface area contributed by atoms with E-state index in [1.807, 2.05) is 35.0 Å². The van der Waals surface area contributed by atoms with Crippen LogP contribution in [0.25, 0.3) is 16.6 Å². The van der Waals surface area contributed by atoms with E-state index in [0.717, 1.165) is 16.6 Å². The van der Waals surface area contributed by atoms with Gasteiger partial charge in [0.25, 0.3) is 0 Å². The summed E-state index contributed by atoms with van der Waals surface area (Å²) >= 11 is 0. The van der Waals surface area contributed by atoms with Crippen molar-refractivity contribution < 1.29 is 9.90 Å². The van der Waals surface area contributed by atoms with E-state index in [0.29, 0.717) is 5.56 Å².